The van der Waals surface area contributed by atoms with Crippen LogP contribution in [0, 0.1) is 5.82 Å². The highest BCUT2D eigenvalue weighted by atomic mass is 19.1. The first-order valence-corrected chi connectivity index (χ1v) is 6.82. The van der Waals surface area contributed by atoms with Gasteiger partial charge in [0.2, 0.25) is 0 Å². The zero-order valence-corrected chi connectivity index (χ0v) is 11.5. The summed E-state index contributed by atoms with van der Waals surface area (Å²) in [5, 5.41) is 0. The number of hydrogen-bond donors (Lipinski definition) is 0. The molecule has 1 aromatic carbocycles. The highest BCUT2D eigenvalue weighted by Gasteiger charge is 2.19. The van der Waals surface area contributed by atoms with Crippen molar-refractivity contribution in [1.29, 1.82) is 0 Å². The maximum absolute atomic E-state index is 13.0. The topological polar surface area (TPSA) is 42.4 Å². The Morgan fingerprint density at radius 1 is 1.10 bits per heavy atom. The van der Waals surface area contributed by atoms with Crippen LogP contribution in [0.1, 0.15) is 10.4 Å². The summed E-state index contributed by atoms with van der Waals surface area (Å²) in [6, 6.07) is 7.93. The van der Waals surface area contributed by atoms with E-state index in [1.807, 2.05) is 0 Å². The first kappa shape index (κ1) is 13.7. The van der Waals surface area contributed by atoms with Crippen LogP contribution in [0.15, 0.2) is 42.7 Å². The fourth-order valence-electron chi connectivity index (χ4n) is 2.31. The van der Waals surface area contributed by atoms with E-state index in [1.165, 1.54) is 12.1 Å². The number of halogens is 1. The summed E-state index contributed by atoms with van der Waals surface area (Å²) >= 11 is 0. The normalized spacial score (nSPS) is 15.0. The van der Waals surface area contributed by atoms with Gasteiger partial charge in [-0.05, 0) is 23.8 Å². The van der Waals surface area contributed by atoms with Crippen molar-refractivity contribution in [2.75, 3.05) is 26.3 Å². The molecule has 3 rings (SSSR count). The quantitative estimate of drug-likeness (QED) is 0.851. The number of carbonyl (C=O) groups excluding carboxylic acids is 1. The highest BCUT2D eigenvalue weighted by molar-refractivity contribution is 5.95. The molecule has 1 aliphatic heterocycles. The maximum Gasteiger partial charge on any atom is 0.255 e. The van der Waals surface area contributed by atoms with E-state index in [4.69, 9.17) is 4.74 Å². The lowest BCUT2D eigenvalue weighted by Crippen LogP contribution is -2.40. The molecule has 0 spiro atoms. The van der Waals surface area contributed by atoms with Gasteiger partial charge in [0.05, 0.1) is 18.8 Å². The molecule has 0 radical (unpaired) electrons. The second kappa shape index (κ2) is 6.01. The van der Waals surface area contributed by atoms with Gasteiger partial charge >= 0.3 is 0 Å². The Hall–Kier alpha value is -2.27. The van der Waals surface area contributed by atoms with Crippen molar-refractivity contribution < 1.29 is 13.9 Å². The zero-order valence-electron chi connectivity index (χ0n) is 11.5. The number of morpholine rings is 1. The molecular weight excluding hydrogens is 271 g/mol. The van der Waals surface area contributed by atoms with Gasteiger partial charge < -0.3 is 9.64 Å². The molecule has 0 N–H and O–H groups in total. The Bertz CT molecular complexity index is 637. The first-order valence-electron chi connectivity index (χ1n) is 6.82. The van der Waals surface area contributed by atoms with Crippen molar-refractivity contribution in [1.82, 2.24) is 9.88 Å². The number of ether oxygens (including phenoxy) is 1. The standard InChI is InChI=1S/C16H15FN2O2/c17-15-3-1-12(2-4-15)13-9-14(11-18-10-13)16(20)19-5-7-21-8-6-19/h1-4,9-11H,5-8H2. The zero-order chi connectivity index (χ0) is 14.7. The molecule has 0 aliphatic carbocycles. The van der Waals surface area contributed by atoms with Crippen molar-refractivity contribution in [3.63, 3.8) is 0 Å². The minimum Gasteiger partial charge on any atom is -0.378 e. The van der Waals surface area contributed by atoms with Crippen LogP contribution in [0.5, 0.6) is 0 Å². The lowest BCUT2D eigenvalue weighted by molar-refractivity contribution is 0.0302. The Morgan fingerprint density at radius 3 is 2.52 bits per heavy atom. The molecule has 1 saturated heterocycles. The molecule has 1 fully saturated rings. The molecule has 0 atom stereocenters. The molecule has 0 saturated carbocycles. The Kier molecular flexibility index (Phi) is 3.92. The van der Waals surface area contributed by atoms with Gasteiger partial charge in [-0.3, -0.25) is 9.78 Å². The van der Waals surface area contributed by atoms with Crippen LogP contribution < -0.4 is 0 Å². The SMILES string of the molecule is O=C(c1cncc(-c2ccc(F)cc2)c1)N1CCOCC1. The molecule has 0 unspecified atom stereocenters. The summed E-state index contributed by atoms with van der Waals surface area (Å²) in [7, 11) is 0. The molecule has 21 heavy (non-hydrogen) atoms. The van der Waals surface area contributed by atoms with Crippen LogP contribution in [0.4, 0.5) is 4.39 Å². The van der Waals surface area contributed by atoms with Gasteiger partial charge in [0.25, 0.3) is 5.91 Å². The monoisotopic (exact) mass is 286 g/mol. The number of amides is 1. The van der Waals surface area contributed by atoms with E-state index in [0.29, 0.717) is 31.9 Å². The minimum atomic E-state index is -0.285. The third kappa shape index (κ3) is 3.08. The summed E-state index contributed by atoms with van der Waals surface area (Å²) < 4.78 is 18.2. The molecule has 5 heteroatoms. The molecule has 108 valence electrons. The van der Waals surface area contributed by atoms with E-state index in [1.54, 1.807) is 35.5 Å². The average molecular weight is 286 g/mol. The highest BCUT2D eigenvalue weighted by Crippen LogP contribution is 2.20. The number of carbonyl (C=O) groups is 1. The third-order valence-electron chi connectivity index (χ3n) is 3.46. The van der Waals surface area contributed by atoms with Crippen molar-refractivity contribution >= 4 is 5.91 Å². The van der Waals surface area contributed by atoms with Crippen LogP contribution in [0.25, 0.3) is 11.1 Å². The number of nitrogens with zero attached hydrogens (tertiary/aromatic N) is 2. The van der Waals surface area contributed by atoms with E-state index < -0.39 is 0 Å². The number of aromatic nitrogens is 1. The number of pyridine rings is 1. The van der Waals surface area contributed by atoms with Gasteiger partial charge in [0, 0.05) is 31.0 Å². The fourth-order valence-corrected chi connectivity index (χ4v) is 2.31. The van der Waals surface area contributed by atoms with Crippen LogP contribution in [-0.4, -0.2) is 42.1 Å². The molecule has 4 nitrogen and oxygen atoms in total. The molecule has 1 amide bonds. The predicted octanol–water partition coefficient (Wildman–Crippen LogP) is 2.36. The Morgan fingerprint density at radius 2 is 1.81 bits per heavy atom. The van der Waals surface area contributed by atoms with E-state index in [2.05, 4.69) is 4.98 Å². The van der Waals surface area contributed by atoms with Gasteiger partial charge in [0.1, 0.15) is 5.82 Å². The Balaban J connectivity index is 1.85. The third-order valence-corrected chi connectivity index (χ3v) is 3.46. The van der Waals surface area contributed by atoms with Crippen LogP contribution in [-0.2, 0) is 4.74 Å². The summed E-state index contributed by atoms with van der Waals surface area (Å²) in [5.74, 6) is -0.331. The van der Waals surface area contributed by atoms with Gasteiger partial charge in [-0.15, -0.1) is 0 Å². The molecule has 1 aliphatic rings. The Labute approximate surface area is 122 Å². The van der Waals surface area contributed by atoms with Gasteiger partial charge in [-0.25, -0.2) is 4.39 Å². The predicted molar refractivity (Wildman–Crippen MR) is 76.4 cm³/mol. The molecule has 0 bridgehead atoms. The van der Waals surface area contributed by atoms with Crippen LogP contribution >= 0.6 is 0 Å². The second-order valence-electron chi connectivity index (χ2n) is 4.87. The summed E-state index contributed by atoms with van der Waals surface area (Å²) in [5.41, 5.74) is 2.17. The average Bonchev–Trinajstić information content (AvgIpc) is 2.56. The molecule has 1 aromatic heterocycles. The van der Waals surface area contributed by atoms with E-state index in [0.717, 1.165) is 11.1 Å². The molecular formula is C16H15FN2O2. The summed E-state index contributed by atoms with van der Waals surface area (Å²) in [6.45, 7) is 2.33. The van der Waals surface area contributed by atoms with Crippen molar-refractivity contribution in [2.45, 2.75) is 0 Å². The van der Waals surface area contributed by atoms with Gasteiger partial charge in [0.15, 0.2) is 0 Å². The van der Waals surface area contributed by atoms with Gasteiger partial charge in [-0.2, -0.15) is 0 Å². The second-order valence-corrected chi connectivity index (χ2v) is 4.87. The minimum absolute atomic E-state index is 0.0465. The summed E-state index contributed by atoms with van der Waals surface area (Å²) in [4.78, 5) is 18.3. The maximum atomic E-state index is 13.0. The smallest absolute Gasteiger partial charge is 0.255 e. The first-order chi connectivity index (χ1) is 10.2. The van der Waals surface area contributed by atoms with E-state index in [-0.39, 0.29) is 11.7 Å². The molecule has 2 aromatic rings. The summed E-state index contributed by atoms with van der Waals surface area (Å²) in [6.07, 6.45) is 3.23. The lowest BCUT2D eigenvalue weighted by atomic mass is 10.1. The van der Waals surface area contributed by atoms with Crippen molar-refractivity contribution in [2.24, 2.45) is 0 Å². The molecule has 2 heterocycles. The van der Waals surface area contributed by atoms with Crippen molar-refractivity contribution in [3.05, 3.63) is 54.1 Å². The fraction of sp³-hybridized carbons (Fsp3) is 0.250. The number of benzene rings is 1. The number of rotatable bonds is 2. The van der Waals surface area contributed by atoms with E-state index >= 15 is 0 Å². The number of hydrogen-bond acceptors (Lipinski definition) is 3. The van der Waals surface area contributed by atoms with Crippen LogP contribution in [0.2, 0.25) is 0 Å². The van der Waals surface area contributed by atoms with Crippen molar-refractivity contribution in [3.8, 4) is 11.1 Å². The van der Waals surface area contributed by atoms with E-state index in [9.17, 15) is 9.18 Å². The lowest BCUT2D eigenvalue weighted by Gasteiger charge is -2.26. The van der Waals surface area contributed by atoms with Gasteiger partial charge in [-0.1, -0.05) is 12.1 Å². The van der Waals surface area contributed by atoms with Crippen LogP contribution in [0.3, 0.4) is 0 Å². The largest absolute Gasteiger partial charge is 0.378 e.